The number of amides is 4. The maximum atomic E-state index is 13.2. The lowest BCUT2D eigenvalue weighted by Crippen LogP contribution is -2.46. The molecule has 4 saturated heterocycles. The second-order valence-electron chi connectivity index (χ2n) is 23.4. The first-order valence-electron chi connectivity index (χ1n) is 27.7. The summed E-state index contributed by atoms with van der Waals surface area (Å²) in [6.07, 6.45) is 9.42. The molecule has 6 heterocycles. The second kappa shape index (κ2) is 28.0. The number of Topliss-reactive ketones (excluding diaryl/α,β-unsaturated/α-hetero) is 1. The Kier molecular flexibility index (Phi) is 21.5. The Bertz CT molecular complexity index is 2610. The first kappa shape index (κ1) is 60.0. The van der Waals surface area contributed by atoms with Crippen LogP contribution in [0.25, 0.3) is 0 Å². The number of piperidine rings is 4. The molecule has 8 rings (SSSR count). The Labute approximate surface area is 470 Å². The molecule has 78 heavy (non-hydrogen) atoms. The third-order valence-electron chi connectivity index (χ3n) is 14.9. The molecule has 4 fully saturated rings. The van der Waals surface area contributed by atoms with Gasteiger partial charge >= 0.3 is 12.2 Å². The van der Waals surface area contributed by atoms with Crippen LogP contribution in [0.1, 0.15) is 115 Å². The summed E-state index contributed by atoms with van der Waals surface area (Å²) in [6, 6.07) is 22.7. The predicted molar refractivity (Wildman–Crippen MR) is 304 cm³/mol. The Hall–Kier alpha value is -5.65. The lowest BCUT2D eigenvalue weighted by molar-refractivity contribution is -0.140. The van der Waals surface area contributed by atoms with Crippen LogP contribution < -0.4 is 10.6 Å². The molecule has 16 nitrogen and oxygen atoms in total. The summed E-state index contributed by atoms with van der Waals surface area (Å²) < 4.78 is 10.6. The van der Waals surface area contributed by atoms with Gasteiger partial charge in [-0.3, -0.25) is 34.8 Å². The van der Waals surface area contributed by atoms with E-state index >= 15 is 0 Å². The fourth-order valence-electron chi connectivity index (χ4n) is 10.7. The number of carbonyl (C=O) groups excluding carboxylic acids is 5. The highest BCUT2D eigenvalue weighted by atomic mass is 35.5. The van der Waals surface area contributed by atoms with Gasteiger partial charge in [0.25, 0.3) is 0 Å². The second-order valence-corrected chi connectivity index (χ2v) is 24.3. The molecule has 0 aliphatic carbocycles. The fourth-order valence-corrected chi connectivity index (χ4v) is 11.0. The van der Waals surface area contributed by atoms with E-state index in [-0.39, 0.29) is 41.3 Å². The van der Waals surface area contributed by atoms with Gasteiger partial charge in [0.05, 0.1) is 6.10 Å². The molecule has 1 unspecified atom stereocenters. The van der Waals surface area contributed by atoms with Gasteiger partial charge in [0, 0.05) is 85.9 Å². The van der Waals surface area contributed by atoms with Gasteiger partial charge in [-0.15, -0.1) is 0 Å². The van der Waals surface area contributed by atoms with Gasteiger partial charge in [-0.05, 0) is 202 Å². The van der Waals surface area contributed by atoms with Gasteiger partial charge in [-0.25, -0.2) is 19.6 Å². The zero-order chi connectivity index (χ0) is 56.0. The van der Waals surface area contributed by atoms with Crippen LogP contribution in [0.5, 0.6) is 0 Å². The lowest BCUT2D eigenvalue weighted by Gasteiger charge is -2.38. The van der Waals surface area contributed by atoms with Crippen molar-refractivity contribution in [3.8, 4) is 0 Å². The molecule has 18 heteroatoms. The van der Waals surface area contributed by atoms with Crippen LogP contribution in [-0.2, 0) is 49.8 Å². The van der Waals surface area contributed by atoms with Crippen LogP contribution in [0.3, 0.4) is 0 Å². The van der Waals surface area contributed by atoms with E-state index in [1.54, 1.807) is 12.4 Å². The van der Waals surface area contributed by atoms with Gasteiger partial charge in [0.2, 0.25) is 11.8 Å². The van der Waals surface area contributed by atoms with Crippen molar-refractivity contribution in [1.82, 2.24) is 29.6 Å². The minimum atomic E-state index is -0.575. The number of ether oxygens (including phenoxy) is 2. The highest BCUT2D eigenvalue weighted by molar-refractivity contribution is 6.30. The van der Waals surface area contributed by atoms with E-state index in [9.17, 15) is 29.1 Å². The number of hydrogen-bond donors (Lipinski definition) is 3. The van der Waals surface area contributed by atoms with E-state index in [4.69, 9.17) is 32.7 Å². The SMILES string of the molecule is CC(C)(C)OC(=O)Nc1cc(CN2CCC(C(=O)N3CCC(C(=O)Cc4ccc(Cl)cc4)CC3)CC2)ccn1.CC(C)(C)OC(=O)Nc1cc(CN2CCC(C(=O)N3CCC(C(O)Cc4ccc(Cl)cc4)CC3)CC2)ccn1. The third-order valence-corrected chi connectivity index (χ3v) is 15.4. The summed E-state index contributed by atoms with van der Waals surface area (Å²) >= 11 is 11.9. The normalized spacial score (nSPS) is 18.1. The molecular weight excluding hydrogens is 1030 g/mol. The zero-order valence-electron chi connectivity index (χ0n) is 46.4. The molecule has 0 bridgehead atoms. The monoisotopic (exact) mass is 1110 g/mol. The van der Waals surface area contributed by atoms with E-state index < -0.39 is 29.5 Å². The first-order chi connectivity index (χ1) is 37.1. The van der Waals surface area contributed by atoms with E-state index in [0.717, 1.165) is 113 Å². The van der Waals surface area contributed by atoms with Crippen LogP contribution in [0.15, 0.2) is 85.2 Å². The molecule has 422 valence electrons. The minimum Gasteiger partial charge on any atom is -0.444 e. The number of aromatic nitrogens is 2. The molecule has 4 aliphatic rings. The Morgan fingerprint density at radius 2 is 0.936 bits per heavy atom. The number of likely N-dealkylation sites (tertiary alicyclic amines) is 4. The molecule has 4 aliphatic heterocycles. The number of aliphatic hydroxyl groups excluding tert-OH is 1. The summed E-state index contributed by atoms with van der Waals surface area (Å²) in [5.74, 6) is 1.97. The minimum absolute atomic E-state index is 0.0154. The molecule has 0 spiro atoms. The average molecular weight is 1110 g/mol. The van der Waals surface area contributed by atoms with E-state index in [2.05, 4.69) is 30.4 Å². The number of nitrogens with one attached hydrogen (secondary N) is 2. The van der Waals surface area contributed by atoms with Crippen molar-refractivity contribution in [3.05, 3.63) is 117 Å². The first-order valence-corrected chi connectivity index (χ1v) is 28.5. The summed E-state index contributed by atoms with van der Waals surface area (Å²) in [4.78, 5) is 80.4. The number of pyridine rings is 2. The third kappa shape index (κ3) is 19.3. The zero-order valence-corrected chi connectivity index (χ0v) is 47.9. The molecule has 0 saturated carbocycles. The Balaban J connectivity index is 0.000000226. The summed E-state index contributed by atoms with van der Waals surface area (Å²) in [7, 11) is 0. The molecule has 1 atom stereocenters. The quantitative estimate of drug-likeness (QED) is 0.109. The highest BCUT2D eigenvalue weighted by Crippen LogP contribution is 2.30. The topological polar surface area (TPSA) is 187 Å². The number of anilines is 2. The van der Waals surface area contributed by atoms with Gasteiger partial charge in [-0.1, -0.05) is 47.5 Å². The van der Waals surface area contributed by atoms with Crippen LogP contribution in [0, 0.1) is 23.7 Å². The van der Waals surface area contributed by atoms with E-state index in [1.807, 2.05) is 124 Å². The van der Waals surface area contributed by atoms with Crippen molar-refractivity contribution in [3.63, 3.8) is 0 Å². The van der Waals surface area contributed by atoms with Crippen molar-refractivity contribution in [2.45, 2.75) is 136 Å². The fraction of sp³-hybridized carbons (Fsp3) is 0.550. The van der Waals surface area contributed by atoms with Crippen molar-refractivity contribution in [1.29, 1.82) is 0 Å². The molecule has 4 aromatic rings. The number of nitrogens with zero attached hydrogens (tertiary/aromatic N) is 6. The van der Waals surface area contributed by atoms with Crippen molar-refractivity contribution < 1.29 is 38.6 Å². The van der Waals surface area contributed by atoms with Crippen LogP contribution in [0.4, 0.5) is 21.2 Å². The van der Waals surface area contributed by atoms with Crippen LogP contribution in [0.2, 0.25) is 10.0 Å². The van der Waals surface area contributed by atoms with Crippen LogP contribution in [-0.4, -0.2) is 134 Å². The standard InChI is InChI=1S/C30H41ClN4O4.C30H39ClN4O4/c2*1-30(2,3)39-29(38)33-27-19-22(8-13-32-27)20-34-14-9-24(10-15-34)28(37)35-16-11-23(12-17-35)26(36)18-21-4-6-25(31)7-5-21/h4-8,13,19,23-24,26,36H,9-12,14-18,20H2,1-3H3,(H,32,33,38);4-8,13,19,23-24H,9-12,14-18,20H2,1-3H3,(H,32,33,38). The molecule has 2 aromatic heterocycles. The number of ketones is 1. The number of benzene rings is 2. The molecule has 0 radical (unpaired) electrons. The summed E-state index contributed by atoms with van der Waals surface area (Å²) in [5, 5.41) is 17.5. The number of hydrogen-bond acceptors (Lipinski definition) is 12. The van der Waals surface area contributed by atoms with Crippen molar-refractivity contribution in [2.24, 2.45) is 23.7 Å². The molecule has 2 aromatic carbocycles. The van der Waals surface area contributed by atoms with Crippen molar-refractivity contribution >= 4 is 64.6 Å². The highest BCUT2D eigenvalue weighted by Gasteiger charge is 2.35. The summed E-state index contributed by atoms with van der Waals surface area (Å²) in [6.45, 7) is 18.5. The lowest BCUT2D eigenvalue weighted by atomic mass is 9.87. The van der Waals surface area contributed by atoms with Crippen molar-refractivity contribution in [2.75, 3.05) is 63.0 Å². The summed E-state index contributed by atoms with van der Waals surface area (Å²) in [5.41, 5.74) is 3.02. The number of aliphatic hydroxyl groups is 1. The molecule has 4 amide bonds. The van der Waals surface area contributed by atoms with Gasteiger partial charge in [0.1, 0.15) is 28.6 Å². The smallest absolute Gasteiger partial charge is 0.413 e. The number of carbonyl (C=O) groups is 5. The Morgan fingerprint density at radius 1 is 0.551 bits per heavy atom. The number of rotatable bonds is 14. The Morgan fingerprint density at radius 3 is 1.35 bits per heavy atom. The van der Waals surface area contributed by atoms with E-state index in [1.165, 1.54) is 0 Å². The maximum Gasteiger partial charge on any atom is 0.413 e. The predicted octanol–water partition coefficient (Wildman–Crippen LogP) is 10.5. The largest absolute Gasteiger partial charge is 0.444 e. The molecule has 3 N–H and O–H groups in total. The van der Waals surface area contributed by atoms with Crippen LogP contribution >= 0.6 is 23.2 Å². The molecular formula is C60H80Cl2N8O8. The van der Waals surface area contributed by atoms with Gasteiger partial charge in [-0.2, -0.15) is 0 Å². The number of halogens is 2. The maximum absolute atomic E-state index is 13.2. The van der Waals surface area contributed by atoms with Gasteiger partial charge < -0.3 is 24.4 Å². The van der Waals surface area contributed by atoms with Gasteiger partial charge in [0.15, 0.2) is 0 Å². The van der Waals surface area contributed by atoms with E-state index in [0.29, 0.717) is 60.7 Å². The average Bonchev–Trinajstić information content (AvgIpc) is 3.39.